The van der Waals surface area contributed by atoms with Crippen LogP contribution in [0.25, 0.3) is 10.4 Å². The number of carboxylic acid groups (broad SMARTS) is 1. The Morgan fingerprint density at radius 1 is 1.56 bits per heavy atom. The highest BCUT2D eigenvalue weighted by atomic mass is 32.3. The topological polar surface area (TPSA) is 120 Å². The molecule has 0 saturated carbocycles. The zero-order valence-corrected chi connectivity index (χ0v) is 9.98. The van der Waals surface area contributed by atoms with Gasteiger partial charge in [-0.05, 0) is 35.7 Å². The summed E-state index contributed by atoms with van der Waals surface area (Å²) in [5, 5.41) is 12.1. The molecule has 1 N–H and O–H groups in total. The fourth-order valence-corrected chi connectivity index (χ4v) is 2.10. The first-order chi connectivity index (χ1) is 8.24. The lowest BCUT2D eigenvalue weighted by Gasteiger charge is -2.08. The molecule has 9 heteroatoms. The van der Waals surface area contributed by atoms with E-state index in [1.807, 2.05) is 0 Å². The number of nitrogens with zero attached hydrogens (tertiary/aromatic N) is 3. The molecule has 0 atom stereocenters. The molecule has 0 spiro atoms. The van der Waals surface area contributed by atoms with E-state index in [-0.39, 0.29) is 22.4 Å². The van der Waals surface area contributed by atoms with E-state index in [0.29, 0.717) is 0 Å². The Morgan fingerprint density at radius 3 is 2.61 bits per heavy atom. The van der Waals surface area contributed by atoms with Crippen LogP contribution in [0.4, 0.5) is 9.57 Å². The quantitative estimate of drug-likeness (QED) is 0.392. The molecular formula is C9H8FN3O4S. The number of hydrogen-bond acceptors (Lipinski definition) is 4. The molecule has 0 heterocycles. The second-order valence-corrected chi connectivity index (χ2v) is 4.82. The van der Waals surface area contributed by atoms with Crippen LogP contribution in [0.1, 0.15) is 21.5 Å². The summed E-state index contributed by atoms with van der Waals surface area (Å²) < 4.78 is 33.8. The summed E-state index contributed by atoms with van der Waals surface area (Å²) in [6, 6.07) is 2.23. The number of rotatable bonds is 4. The summed E-state index contributed by atoms with van der Waals surface area (Å²) in [6.07, 6.45) is 0. The van der Waals surface area contributed by atoms with Crippen molar-refractivity contribution in [2.45, 2.75) is 12.7 Å². The summed E-state index contributed by atoms with van der Waals surface area (Å²) in [4.78, 5) is 13.4. The summed E-state index contributed by atoms with van der Waals surface area (Å²) in [5.74, 6) is -2.28. The molecule has 0 aliphatic heterocycles. The minimum absolute atomic E-state index is 0.0557. The molecule has 0 bridgehead atoms. The highest BCUT2D eigenvalue weighted by Crippen LogP contribution is 2.25. The van der Waals surface area contributed by atoms with Crippen LogP contribution in [0.5, 0.6) is 0 Å². The number of aromatic carboxylic acids is 1. The van der Waals surface area contributed by atoms with Gasteiger partial charge in [0.15, 0.2) is 0 Å². The highest BCUT2D eigenvalue weighted by molar-refractivity contribution is 7.85. The van der Waals surface area contributed by atoms with Gasteiger partial charge in [-0.1, -0.05) is 5.11 Å². The molecule has 0 unspecified atom stereocenters. The summed E-state index contributed by atoms with van der Waals surface area (Å²) in [7, 11) is -4.80. The van der Waals surface area contributed by atoms with Crippen LogP contribution < -0.4 is 0 Å². The standard InChI is InChI=1S/C9H8FN3O4S/c1-5-6(4-18(10,16)17)2-7(12-13-11)3-8(5)9(14)15/h2-3H,4H2,1H3,(H,14,15). The van der Waals surface area contributed by atoms with Gasteiger partial charge in [-0.15, -0.1) is 3.89 Å². The average Bonchev–Trinajstić information content (AvgIpc) is 2.20. The van der Waals surface area contributed by atoms with Crippen LogP contribution in [0.2, 0.25) is 0 Å². The highest BCUT2D eigenvalue weighted by Gasteiger charge is 2.17. The third-order valence-electron chi connectivity index (χ3n) is 2.22. The van der Waals surface area contributed by atoms with Gasteiger partial charge in [-0.2, -0.15) is 8.42 Å². The SMILES string of the molecule is Cc1c(CS(=O)(=O)F)cc(N=[N+]=[N-])cc1C(=O)O. The fraction of sp³-hybridized carbons (Fsp3) is 0.222. The van der Waals surface area contributed by atoms with Crippen molar-refractivity contribution in [3.05, 3.63) is 39.3 Å². The lowest BCUT2D eigenvalue weighted by atomic mass is 10.0. The zero-order valence-electron chi connectivity index (χ0n) is 9.16. The van der Waals surface area contributed by atoms with Gasteiger partial charge in [0.25, 0.3) is 0 Å². The van der Waals surface area contributed by atoms with Crippen LogP contribution in [-0.4, -0.2) is 19.5 Å². The number of carboxylic acids is 1. The van der Waals surface area contributed by atoms with Gasteiger partial charge in [0.05, 0.1) is 5.56 Å². The van der Waals surface area contributed by atoms with Gasteiger partial charge in [0, 0.05) is 10.6 Å². The van der Waals surface area contributed by atoms with E-state index in [2.05, 4.69) is 10.0 Å². The van der Waals surface area contributed by atoms with E-state index in [0.717, 1.165) is 12.1 Å². The van der Waals surface area contributed by atoms with Gasteiger partial charge in [-0.3, -0.25) is 0 Å². The molecule has 18 heavy (non-hydrogen) atoms. The van der Waals surface area contributed by atoms with E-state index < -0.39 is 21.9 Å². The van der Waals surface area contributed by atoms with Crippen LogP contribution >= 0.6 is 0 Å². The maximum atomic E-state index is 12.6. The van der Waals surface area contributed by atoms with Gasteiger partial charge in [-0.25, -0.2) is 4.79 Å². The van der Waals surface area contributed by atoms with E-state index in [4.69, 9.17) is 10.6 Å². The normalized spacial score (nSPS) is 10.8. The van der Waals surface area contributed by atoms with Crippen molar-refractivity contribution in [1.29, 1.82) is 0 Å². The smallest absolute Gasteiger partial charge is 0.335 e. The first-order valence-corrected chi connectivity index (χ1v) is 6.14. The van der Waals surface area contributed by atoms with Gasteiger partial charge in [0.2, 0.25) is 0 Å². The largest absolute Gasteiger partial charge is 0.478 e. The number of azide groups is 1. The molecule has 1 rings (SSSR count). The zero-order chi connectivity index (χ0) is 13.9. The van der Waals surface area contributed by atoms with Crippen molar-refractivity contribution in [3.8, 4) is 0 Å². The fourth-order valence-electron chi connectivity index (χ4n) is 1.42. The van der Waals surface area contributed by atoms with Crippen molar-refractivity contribution < 1.29 is 22.2 Å². The van der Waals surface area contributed by atoms with Crippen LogP contribution in [0.15, 0.2) is 17.2 Å². The van der Waals surface area contributed by atoms with E-state index in [9.17, 15) is 17.1 Å². The van der Waals surface area contributed by atoms with Crippen molar-refractivity contribution in [2.24, 2.45) is 5.11 Å². The van der Waals surface area contributed by atoms with Crippen molar-refractivity contribution in [3.63, 3.8) is 0 Å². The van der Waals surface area contributed by atoms with E-state index in [1.165, 1.54) is 6.92 Å². The Bertz CT molecular complexity index is 650. The molecule has 0 amide bonds. The first kappa shape index (κ1) is 13.9. The van der Waals surface area contributed by atoms with Crippen molar-refractivity contribution in [1.82, 2.24) is 0 Å². The second-order valence-electron chi connectivity index (χ2n) is 3.46. The predicted molar refractivity (Wildman–Crippen MR) is 60.7 cm³/mol. The summed E-state index contributed by atoms with van der Waals surface area (Å²) in [5.41, 5.74) is 7.99. The van der Waals surface area contributed by atoms with Crippen LogP contribution in [0, 0.1) is 6.92 Å². The van der Waals surface area contributed by atoms with Gasteiger partial charge >= 0.3 is 16.2 Å². The monoisotopic (exact) mass is 273 g/mol. The Labute approximate surface area is 102 Å². The maximum absolute atomic E-state index is 12.6. The Balaban J connectivity index is 3.49. The minimum atomic E-state index is -4.80. The number of benzene rings is 1. The lowest BCUT2D eigenvalue weighted by molar-refractivity contribution is 0.0696. The van der Waals surface area contributed by atoms with Crippen LogP contribution in [0.3, 0.4) is 0 Å². The Morgan fingerprint density at radius 2 is 2.17 bits per heavy atom. The molecule has 0 aromatic heterocycles. The number of hydrogen-bond donors (Lipinski definition) is 1. The number of carbonyl (C=O) groups is 1. The summed E-state index contributed by atoms with van der Waals surface area (Å²) >= 11 is 0. The lowest BCUT2D eigenvalue weighted by Crippen LogP contribution is -2.05. The third-order valence-corrected chi connectivity index (χ3v) is 2.87. The molecule has 1 aromatic carbocycles. The van der Waals surface area contributed by atoms with E-state index >= 15 is 0 Å². The summed E-state index contributed by atoms with van der Waals surface area (Å²) in [6.45, 7) is 1.35. The van der Waals surface area contributed by atoms with Crippen molar-refractivity contribution in [2.75, 3.05) is 0 Å². The molecule has 0 saturated heterocycles. The second kappa shape index (κ2) is 5.03. The average molecular weight is 273 g/mol. The predicted octanol–water partition coefficient (Wildman–Crippen LogP) is 2.43. The van der Waals surface area contributed by atoms with Crippen molar-refractivity contribution >= 4 is 21.9 Å². The van der Waals surface area contributed by atoms with E-state index in [1.54, 1.807) is 0 Å². The molecule has 0 fully saturated rings. The third kappa shape index (κ3) is 3.44. The van der Waals surface area contributed by atoms with Gasteiger partial charge < -0.3 is 5.11 Å². The molecule has 96 valence electrons. The minimum Gasteiger partial charge on any atom is -0.478 e. The van der Waals surface area contributed by atoms with Crippen LogP contribution in [-0.2, 0) is 16.0 Å². The molecule has 1 aromatic rings. The Hall–Kier alpha value is -2.12. The molecule has 0 aliphatic carbocycles. The van der Waals surface area contributed by atoms with Gasteiger partial charge in [0.1, 0.15) is 5.75 Å². The first-order valence-electron chi connectivity index (χ1n) is 4.59. The molecule has 0 aliphatic rings. The Kier molecular flexibility index (Phi) is 3.89. The number of halogens is 1. The molecule has 0 radical (unpaired) electrons. The maximum Gasteiger partial charge on any atom is 0.335 e. The molecular weight excluding hydrogens is 265 g/mol. The molecule has 7 nitrogen and oxygen atoms in total.